The van der Waals surface area contributed by atoms with Crippen LogP contribution >= 0.6 is 11.3 Å². The fourth-order valence-electron chi connectivity index (χ4n) is 3.87. The van der Waals surface area contributed by atoms with E-state index in [2.05, 4.69) is 14.9 Å². The molecule has 0 aromatic carbocycles. The van der Waals surface area contributed by atoms with Crippen molar-refractivity contribution < 1.29 is 4.79 Å². The number of fused-ring (bicyclic) bond motifs is 3. The highest BCUT2D eigenvalue weighted by Crippen LogP contribution is 2.43. The Balaban J connectivity index is 1.60. The quantitative estimate of drug-likeness (QED) is 0.867. The summed E-state index contributed by atoms with van der Waals surface area (Å²) in [6, 6.07) is 3.88. The minimum absolute atomic E-state index is 0.0254. The zero-order valence-corrected chi connectivity index (χ0v) is 15.7. The molecule has 2 aromatic heterocycles. The first-order valence-corrected chi connectivity index (χ1v) is 10.1. The number of rotatable bonds is 2. The molecule has 138 valence electrons. The number of aliphatic imine (C=N–C) groups is 2. The highest BCUT2D eigenvalue weighted by atomic mass is 32.1. The molecule has 0 aliphatic carbocycles. The summed E-state index contributed by atoms with van der Waals surface area (Å²) in [5.41, 5.74) is 8.77. The van der Waals surface area contributed by atoms with Crippen LogP contribution in [0.15, 0.2) is 34.5 Å². The first kappa shape index (κ1) is 16.4. The number of amides is 1. The first-order valence-electron chi connectivity index (χ1n) is 9.27. The molecule has 5 rings (SSSR count). The van der Waals surface area contributed by atoms with Crippen molar-refractivity contribution >= 4 is 39.6 Å². The summed E-state index contributed by atoms with van der Waals surface area (Å²) < 4.78 is 0. The molecular formula is C19H20N6OS. The second-order valence-electron chi connectivity index (χ2n) is 6.91. The van der Waals surface area contributed by atoms with Crippen LogP contribution in [0.4, 0.5) is 10.7 Å². The fraction of sp³-hybridized carbons (Fsp3) is 0.368. The van der Waals surface area contributed by atoms with Crippen LogP contribution in [0.25, 0.3) is 0 Å². The number of hydrogen-bond donors (Lipinski definition) is 1. The third-order valence-corrected chi connectivity index (χ3v) is 6.32. The summed E-state index contributed by atoms with van der Waals surface area (Å²) >= 11 is 1.38. The number of nitrogen functional groups attached to an aromatic ring is 1. The van der Waals surface area contributed by atoms with Crippen LogP contribution in [-0.4, -0.2) is 58.5 Å². The van der Waals surface area contributed by atoms with E-state index in [1.807, 2.05) is 17.0 Å². The average molecular weight is 380 g/mol. The SMILES string of the molecule is Nc1c(C(=O)N2CCCCC2)sc2c1C1=NCCN1C(c1ccncc1)=N2. The van der Waals surface area contributed by atoms with E-state index in [4.69, 9.17) is 10.7 Å². The molecule has 0 unspecified atom stereocenters. The molecule has 0 saturated carbocycles. The number of likely N-dealkylation sites (tertiary alicyclic amines) is 1. The highest BCUT2D eigenvalue weighted by Gasteiger charge is 2.36. The molecule has 1 fully saturated rings. The number of carbonyl (C=O) groups excluding carboxylic acids is 1. The summed E-state index contributed by atoms with van der Waals surface area (Å²) in [5.74, 6) is 1.70. The van der Waals surface area contributed by atoms with Gasteiger partial charge in [-0.3, -0.25) is 14.8 Å². The Kier molecular flexibility index (Phi) is 3.93. The lowest BCUT2D eigenvalue weighted by molar-refractivity contribution is 0.0730. The predicted molar refractivity (Wildman–Crippen MR) is 107 cm³/mol. The van der Waals surface area contributed by atoms with Crippen LogP contribution in [0, 0.1) is 0 Å². The zero-order valence-electron chi connectivity index (χ0n) is 14.9. The Morgan fingerprint density at radius 3 is 2.63 bits per heavy atom. The van der Waals surface area contributed by atoms with Crippen LogP contribution in [0.3, 0.4) is 0 Å². The molecule has 7 nitrogen and oxygen atoms in total. The minimum atomic E-state index is 0.0254. The van der Waals surface area contributed by atoms with Gasteiger partial charge in [-0.05, 0) is 31.4 Å². The van der Waals surface area contributed by atoms with E-state index in [0.717, 1.165) is 60.3 Å². The lowest BCUT2D eigenvalue weighted by Gasteiger charge is -2.27. The maximum absolute atomic E-state index is 13.0. The fourth-order valence-corrected chi connectivity index (χ4v) is 4.93. The molecule has 3 aliphatic heterocycles. The molecule has 2 aromatic rings. The van der Waals surface area contributed by atoms with Gasteiger partial charge in [-0.25, -0.2) is 4.99 Å². The number of thiophene rings is 1. The van der Waals surface area contributed by atoms with Crippen molar-refractivity contribution in [3.8, 4) is 0 Å². The van der Waals surface area contributed by atoms with Crippen LogP contribution in [0.5, 0.6) is 0 Å². The molecule has 1 amide bonds. The molecule has 2 N–H and O–H groups in total. The van der Waals surface area contributed by atoms with Crippen molar-refractivity contribution in [2.75, 3.05) is 31.9 Å². The molecule has 0 spiro atoms. The zero-order chi connectivity index (χ0) is 18.4. The minimum Gasteiger partial charge on any atom is -0.397 e. The third-order valence-electron chi connectivity index (χ3n) is 5.23. The molecule has 0 atom stereocenters. The third kappa shape index (κ3) is 2.63. The topological polar surface area (TPSA) is 87.2 Å². The van der Waals surface area contributed by atoms with Gasteiger partial charge < -0.3 is 15.5 Å². The van der Waals surface area contributed by atoms with Gasteiger partial charge in [-0.1, -0.05) is 0 Å². The maximum Gasteiger partial charge on any atom is 0.266 e. The normalized spacial score (nSPS) is 18.7. The molecule has 5 heterocycles. The average Bonchev–Trinajstić information content (AvgIpc) is 3.33. The van der Waals surface area contributed by atoms with Gasteiger partial charge in [0.05, 0.1) is 17.8 Å². The van der Waals surface area contributed by atoms with E-state index in [-0.39, 0.29) is 5.91 Å². The number of anilines is 1. The number of nitrogens with zero attached hydrogens (tertiary/aromatic N) is 5. The number of hydrogen-bond acceptors (Lipinski definition) is 7. The van der Waals surface area contributed by atoms with Crippen molar-refractivity contribution in [3.63, 3.8) is 0 Å². The van der Waals surface area contributed by atoms with E-state index in [1.165, 1.54) is 17.8 Å². The number of nitrogens with two attached hydrogens (primary N) is 1. The first-order chi connectivity index (χ1) is 13.2. The number of amidine groups is 2. The van der Waals surface area contributed by atoms with Gasteiger partial charge >= 0.3 is 0 Å². The molecule has 8 heteroatoms. The standard InChI is InChI=1S/C19H20N6OS/c20-14-13-17-22-8-11-25(17)16(12-4-6-21-7-5-12)23-18(13)27-15(14)19(26)24-9-2-1-3-10-24/h4-7H,1-3,8-11,20H2. The van der Waals surface area contributed by atoms with Crippen molar-refractivity contribution in [1.82, 2.24) is 14.8 Å². The van der Waals surface area contributed by atoms with Gasteiger partial charge in [0.1, 0.15) is 21.5 Å². The largest absolute Gasteiger partial charge is 0.397 e. The maximum atomic E-state index is 13.0. The van der Waals surface area contributed by atoms with E-state index in [0.29, 0.717) is 17.1 Å². The molecule has 27 heavy (non-hydrogen) atoms. The van der Waals surface area contributed by atoms with Crippen molar-refractivity contribution in [3.05, 3.63) is 40.5 Å². The number of piperidine rings is 1. The van der Waals surface area contributed by atoms with E-state index in [1.54, 1.807) is 12.4 Å². The summed E-state index contributed by atoms with van der Waals surface area (Å²) in [6.45, 7) is 3.07. The Labute approximate surface area is 161 Å². The summed E-state index contributed by atoms with van der Waals surface area (Å²) in [5, 5.41) is 0.775. The Morgan fingerprint density at radius 1 is 1.07 bits per heavy atom. The van der Waals surface area contributed by atoms with Crippen molar-refractivity contribution in [2.45, 2.75) is 19.3 Å². The Morgan fingerprint density at radius 2 is 1.85 bits per heavy atom. The molecule has 1 saturated heterocycles. The summed E-state index contributed by atoms with van der Waals surface area (Å²) in [6.07, 6.45) is 6.82. The summed E-state index contributed by atoms with van der Waals surface area (Å²) in [7, 11) is 0. The monoisotopic (exact) mass is 380 g/mol. The lowest BCUT2D eigenvalue weighted by Crippen LogP contribution is -2.38. The van der Waals surface area contributed by atoms with Crippen molar-refractivity contribution in [1.29, 1.82) is 0 Å². The Hall–Kier alpha value is -2.74. The Bertz CT molecular complexity index is 958. The van der Waals surface area contributed by atoms with Crippen LogP contribution < -0.4 is 5.73 Å². The van der Waals surface area contributed by atoms with Gasteiger partial charge in [-0.15, -0.1) is 11.3 Å². The van der Waals surface area contributed by atoms with Crippen molar-refractivity contribution in [2.24, 2.45) is 9.98 Å². The second-order valence-corrected chi connectivity index (χ2v) is 7.91. The number of pyridine rings is 1. The van der Waals surface area contributed by atoms with Gasteiger partial charge in [-0.2, -0.15) is 0 Å². The number of carbonyl (C=O) groups is 1. The summed E-state index contributed by atoms with van der Waals surface area (Å²) in [4.78, 5) is 31.3. The number of aromatic nitrogens is 1. The molecule has 3 aliphatic rings. The molecule has 0 bridgehead atoms. The van der Waals surface area contributed by atoms with Gasteiger partial charge in [0, 0.05) is 37.6 Å². The van der Waals surface area contributed by atoms with E-state index >= 15 is 0 Å². The predicted octanol–water partition coefficient (Wildman–Crippen LogP) is 2.51. The smallest absolute Gasteiger partial charge is 0.266 e. The second kappa shape index (κ2) is 6.45. The van der Waals surface area contributed by atoms with E-state index < -0.39 is 0 Å². The van der Waals surface area contributed by atoms with Gasteiger partial charge in [0.2, 0.25) is 0 Å². The van der Waals surface area contributed by atoms with Gasteiger partial charge in [0.25, 0.3) is 5.91 Å². The highest BCUT2D eigenvalue weighted by molar-refractivity contribution is 7.19. The van der Waals surface area contributed by atoms with Crippen LogP contribution in [0.1, 0.15) is 40.1 Å². The van der Waals surface area contributed by atoms with E-state index in [9.17, 15) is 4.79 Å². The molecular weight excluding hydrogens is 360 g/mol. The van der Waals surface area contributed by atoms with Crippen LogP contribution in [-0.2, 0) is 0 Å². The lowest BCUT2D eigenvalue weighted by atomic mass is 10.1. The molecule has 0 radical (unpaired) electrons. The van der Waals surface area contributed by atoms with Gasteiger partial charge in [0.15, 0.2) is 0 Å². The van der Waals surface area contributed by atoms with Crippen LogP contribution in [0.2, 0.25) is 0 Å².